The van der Waals surface area contributed by atoms with Crippen LogP contribution in [-0.4, -0.2) is 53.3 Å². The molecule has 2 aliphatic carbocycles. The molecule has 0 aromatic carbocycles. The molecule has 2 saturated carbocycles. The van der Waals surface area contributed by atoms with Crippen molar-refractivity contribution < 1.29 is 0 Å². The minimum absolute atomic E-state index is 0.272. The molecule has 39 heavy (non-hydrogen) atoms. The van der Waals surface area contributed by atoms with Crippen LogP contribution in [0.4, 0.5) is 0 Å². The Bertz CT molecular complexity index is 792. The van der Waals surface area contributed by atoms with Crippen molar-refractivity contribution in [3.8, 4) is 0 Å². The number of nitrogens with one attached hydrogen (secondary N) is 4. The predicted octanol–water partition coefficient (Wildman–Crippen LogP) is 6.46. The van der Waals surface area contributed by atoms with Crippen molar-refractivity contribution in [2.24, 2.45) is 35.0 Å². The molecule has 5 nitrogen and oxygen atoms in total. The van der Waals surface area contributed by atoms with Gasteiger partial charge in [-0.05, 0) is 133 Å². The summed E-state index contributed by atoms with van der Waals surface area (Å²) in [6.45, 7) is 14.8. The second kappa shape index (κ2) is 12.0. The monoisotopic (exact) mass is 559 g/mol. The van der Waals surface area contributed by atoms with E-state index in [2.05, 4.69) is 60.2 Å². The molecule has 4 N–H and O–H groups in total. The van der Waals surface area contributed by atoms with Gasteiger partial charge in [0, 0.05) is 36.6 Å². The zero-order valence-electron chi connectivity index (χ0n) is 25.9. The summed E-state index contributed by atoms with van der Waals surface area (Å²) in [6, 6.07) is 1.27. The molecule has 0 radical (unpaired) electrons. The first kappa shape index (κ1) is 29.2. The van der Waals surface area contributed by atoms with E-state index in [1.165, 1.54) is 96.4 Å². The van der Waals surface area contributed by atoms with Crippen molar-refractivity contribution in [1.82, 2.24) is 25.6 Å². The molecule has 6 heteroatoms. The number of piperidine rings is 2. The van der Waals surface area contributed by atoms with E-state index in [9.17, 15) is 0 Å². The zero-order chi connectivity index (χ0) is 27.2. The van der Waals surface area contributed by atoms with Crippen molar-refractivity contribution >= 4 is 11.9 Å². The summed E-state index contributed by atoms with van der Waals surface area (Å²) in [6.07, 6.45) is 20.6. The van der Waals surface area contributed by atoms with Crippen molar-refractivity contribution in [2.75, 3.05) is 13.1 Å². The maximum Gasteiger partial charge on any atom is 0.0690 e. The van der Waals surface area contributed by atoms with E-state index in [0.717, 1.165) is 30.2 Å². The number of rotatable bonds is 5. The fourth-order valence-corrected chi connectivity index (χ4v) is 10.0. The Morgan fingerprint density at radius 1 is 0.872 bits per heavy atom. The molecular weight excluding hydrogens is 498 g/mol. The van der Waals surface area contributed by atoms with E-state index in [4.69, 9.17) is 0 Å². The molecule has 0 aromatic heterocycles. The van der Waals surface area contributed by atoms with Crippen molar-refractivity contribution in [3.05, 3.63) is 0 Å². The summed E-state index contributed by atoms with van der Waals surface area (Å²) in [4.78, 5) is 2.92. The van der Waals surface area contributed by atoms with Gasteiger partial charge in [0.1, 0.15) is 0 Å². The molecule has 6 fully saturated rings. The molecule has 6 rings (SSSR count). The van der Waals surface area contributed by atoms with Gasteiger partial charge >= 0.3 is 0 Å². The summed E-state index contributed by atoms with van der Waals surface area (Å²) in [5.74, 6) is 4.70. The van der Waals surface area contributed by atoms with Gasteiger partial charge in [-0.15, -0.1) is 0 Å². The average Bonchev–Trinajstić information content (AvgIpc) is 3.81. The van der Waals surface area contributed by atoms with Crippen LogP contribution in [0.3, 0.4) is 0 Å². The van der Waals surface area contributed by atoms with Crippen LogP contribution >= 0.6 is 11.9 Å². The number of nitrogens with zero attached hydrogens (tertiary/aromatic N) is 1. The Balaban J connectivity index is 1.17. The summed E-state index contributed by atoms with van der Waals surface area (Å²) in [5.41, 5.74) is 0.584. The Hall–Kier alpha value is 0.150. The van der Waals surface area contributed by atoms with Crippen molar-refractivity contribution in [1.29, 1.82) is 0 Å². The molecular formula is C33H61N5S. The molecule has 0 aromatic rings. The normalized spacial score (nSPS) is 42.0. The molecule has 6 aliphatic rings. The molecule has 7 unspecified atom stereocenters. The third-order valence-electron chi connectivity index (χ3n) is 11.6. The lowest BCUT2D eigenvalue weighted by Crippen LogP contribution is -2.63. The van der Waals surface area contributed by atoms with E-state index in [0.29, 0.717) is 41.1 Å². The topological polar surface area (TPSA) is 51.4 Å². The molecule has 4 saturated heterocycles. The number of hydrogen-bond acceptors (Lipinski definition) is 6. The molecule has 4 aliphatic heterocycles. The van der Waals surface area contributed by atoms with Gasteiger partial charge in [0.2, 0.25) is 0 Å². The van der Waals surface area contributed by atoms with Gasteiger partial charge in [-0.2, -0.15) is 0 Å². The van der Waals surface area contributed by atoms with Gasteiger partial charge in [-0.1, -0.05) is 32.7 Å². The third-order valence-corrected chi connectivity index (χ3v) is 12.6. The predicted molar refractivity (Wildman–Crippen MR) is 166 cm³/mol. The lowest BCUT2D eigenvalue weighted by Gasteiger charge is -2.50. The van der Waals surface area contributed by atoms with Gasteiger partial charge < -0.3 is 0 Å². The quantitative estimate of drug-likeness (QED) is 0.290. The molecule has 8 atom stereocenters. The Labute approximate surface area is 245 Å². The first-order chi connectivity index (χ1) is 18.7. The first-order valence-electron chi connectivity index (χ1n) is 17.1. The summed E-state index contributed by atoms with van der Waals surface area (Å²) in [7, 11) is 0. The van der Waals surface area contributed by atoms with E-state index >= 15 is 0 Å². The fraction of sp³-hybridized carbons (Fsp3) is 1.00. The fourth-order valence-electron chi connectivity index (χ4n) is 9.01. The van der Waals surface area contributed by atoms with Gasteiger partial charge in [0.05, 0.1) is 17.7 Å². The minimum Gasteiger partial charge on any atom is -0.299 e. The Morgan fingerprint density at radius 3 is 2.36 bits per heavy atom. The third kappa shape index (κ3) is 7.39. The highest BCUT2D eigenvalue weighted by Gasteiger charge is 2.47. The largest absolute Gasteiger partial charge is 0.299 e. The number of fused-ring (bicyclic) bond motifs is 6. The van der Waals surface area contributed by atoms with E-state index in [1.807, 2.05) is 11.9 Å². The highest BCUT2D eigenvalue weighted by atomic mass is 32.2. The molecule has 0 spiro atoms. The summed E-state index contributed by atoms with van der Waals surface area (Å²) >= 11 is 1.99. The van der Waals surface area contributed by atoms with Crippen LogP contribution in [0.2, 0.25) is 0 Å². The first-order valence-corrected chi connectivity index (χ1v) is 18.0. The average molecular weight is 560 g/mol. The number of hydrogen-bond donors (Lipinski definition) is 4. The van der Waals surface area contributed by atoms with Gasteiger partial charge in [0.15, 0.2) is 0 Å². The second-order valence-electron chi connectivity index (χ2n) is 16.4. The smallest absolute Gasteiger partial charge is 0.0690 e. The SMILES string of the molecule is CC(C)(C)C1CCC2CNSC3CCCC(NC(CCC(C4CC4)C4CC4)CC[C@@H]4CN(C2N1)C(C)(C)C4)N3. The maximum absolute atomic E-state index is 4.24. The van der Waals surface area contributed by atoms with Crippen LogP contribution < -0.4 is 20.7 Å². The van der Waals surface area contributed by atoms with Gasteiger partial charge in [-0.3, -0.25) is 25.6 Å². The van der Waals surface area contributed by atoms with Gasteiger partial charge in [0.25, 0.3) is 0 Å². The molecule has 4 heterocycles. The minimum atomic E-state index is 0.272. The van der Waals surface area contributed by atoms with E-state index < -0.39 is 0 Å². The lowest BCUT2D eigenvalue weighted by atomic mass is 9.78. The maximum atomic E-state index is 4.24. The standard InChI is InChI=1S/C33H61N5S/c1-32(2,3)28-18-14-25-20-34-39-30-8-6-7-29(37-30)35-26(16-17-27(23-10-11-23)24-12-13-24)15-9-22-19-33(4,5)38(21-22)31(25)36-28/h22-31,34-37H,6-21H2,1-5H3/t22-,25?,26?,28?,29?,30?,31?/m0/s1. The Kier molecular flexibility index (Phi) is 9.02. The lowest BCUT2D eigenvalue weighted by molar-refractivity contribution is 0.00552. The Morgan fingerprint density at radius 2 is 1.64 bits per heavy atom. The van der Waals surface area contributed by atoms with Crippen LogP contribution in [0.1, 0.15) is 125 Å². The van der Waals surface area contributed by atoms with Crippen LogP contribution in [0.25, 0.3) is 0 Å². The van der Waals surface area contributed by atoms with E-state index in [1.54, 1.807) is 0 Å². The second-order valence-corrected chi connectivity index (χ2v) is 17.5. The summed E-state index contributed by atoms with van der Waals surface area (Å²) in [5, 5.41) is 13.0. The van der Waals surface area contributed by atoms with Crippen LogP contribution in [0.5, 0.6) is 0 Å². The van der Waals surface area contributed by atoms with E-state index in [-0.39, 0.29) is 5.54 Å². The van der Waals surface area contributed by atoms with Crippen molar-refractivity contribution in [2.45, 2.75) is 160 Å². The van der Waals surface area contributed by atoms with Crippen LogP contribution in [0.15, 0.2) is 0 Å². The molecule has 4 bridgehead atoms. The zero-order valence-corrected chi connectivity index (χ0v) is 26.8. The van der Waals surface area contributed by atoms with Crippen LogP contribution in [-0.2, 0) is 0 Å². The van der Waals surface area contributed by atoms with Crippen molar-refractivity contribution in [3.63, 3.8) is 0 Å². The molecule has 0 amide bonds. The van der Waals surface area contributed by atoms with Crippen LogP contribution in [0, 0.1) is 35.0 Å². The highest BCUT2D eigenvalue weighted by molar-refractivity contribution is 7.98. The molecule has 224 valence electrons. The summed E-state index contributed by atoms with van der Waals surface area (Å²) < 4.78 is 3.90. The van der Waals surface area contributed by atoms with Gasteiger partial charge in [-0.25, -0.2) is 0 Å². The highest BCUT2D eigenvalue weighted by Crippen LogP contribution is 2.51.